The van der Waals surface area contributed by atoms with Crippen LogP contribution in [0.15, 0.2) is 18.2 Å². The molecule has 0 saturated heterocycles. The van der Waals surface area contributed by atoms with Crippen molar-refractivity contribution in [3.05, 3.63) is 28.8 Å². The van der Waals surface area contributed by atoms with Crippen molar-refractivity contribution in [2.75, 3.05) is 13.7 Å². The van der Waals surface area contributed by atoms with Crippen molar-refractivity contribution in [2.45, 2.75) is 52.3 Å². The average Bonchev–Trinajstić information content (AvgIpc) is 2.34. The molecule has 0 aliphatic carbocycles. The fraction of sp³-hybridized carbons (Fsp3) is 0.625. The summed E-state index contributed by atoms with van der Waals surface area (Å²) in [5, 5.41) is 4.18. The zero-order chi connectivity index (χ0) is 15.2. The maximum absolute atomic E-state index is 6.30. The molecule has 4 heteroatoms. The molecule has 0 spiro atoms. The number of benzene rings is 1. The second kappa shape index (κ2) is 7.87. The van der Waals surface area contributed by atoms with E-state index in [1.54, 1.807) is 7.11 Å². The molecule has 0 fully saturated rings. The van der Waals surface area contributed by atoms with Crippen LogP contribution < -0.4 is 10.1 Å². The molecule has 114 valence electrons. The first-order chi connectivity index (χ1) is 9.33. The molecule has 3 nitrogen and oxygen atoms in total. The van der Waals surface area contributed by atoms with Gasteiger partial charge in [-0.1, -0.05) is 17.7 Å². The molecule has 0 saturated carbocycles. The molecule has 0 bridgehead atoms. The molecule has 0 aliphatic rings. The smallest absolute Gasteiger partial charge is 0.125 e. The van der Waals surface area contributed by atoms with Crippen molar-refractivity contribution in [2.24, 2.45) is 0 Å². The van der Waals surface area contributed by atoms with Crippen molar-refractivity contribution in [3.63, 3.8) is 0 Å². The van der Waals surface area contributed by atoms with Crippen LogP contribution >= 0.6 is 11.6 Å². The number of ether oxygens (including phenoxy) is 2. The van der Waals surface area contributed by atoms with Crippen LogP contribution in [0.3, 0.4) is 0 Å². The van der Waals surface area contributed by atoms with Gasteiger partial charge in [-0.15, -0.1) is 0 Å². The zero-order valence-electron chi connectivity index (χ0n) is 13.1. The summed E-state index contributed by atoms with van der Waals surface area (Å²) in [4.78, 5) is 0. The molecule has 0 aromatic heterocycles. The first kappa shape index (κ1) is 17.3. The highest BCUT2D eigenvalue weighted by molar-refractivity contribution is 6.31. The van der Waals surface area contributed by atoms with E-state index in [0.717, 1.165) is 22.8 Å². The molecule has 1 rings (SSSR count). The minimum Gasteiger partial charge on any atom is -0.490 e. The molecular formula is C16H26ClNO2. The van der Waals surface area contributed by atoms with Gasteiger partial charge in [-0.25, -0.2) is 0 Å². The zero-order valence-corrected chi connectivity index (χ0v) is 13.9. The van der Waals surface area contributed by atoms with Gasteiger partial charge in [-0.05, 0) is 39.8 Å². The van der Waals surface area contributed by atoms with E-state index in [2.05, 4.69) is 26.1 Å². The summed E-state index contributed by atoms with van der Waals surface area (Å²) < 4.78 is 11.1. The first-order valence-electron chi connectivity index (χ1n) is 7.01. The van der Waals surface area contributed by atoms with Crippen LogP contribution in [0.4, 0.5) is 0 Å². The Labute approximate surface area is 127 Å². The average molecular weight is 300 g/mol. The van der Waals surface area contributed by atoms with Crippen LogP contribution in [0.1, 0.15) is 39.7 Å². The number of methoxy groups -OCH3 is 1. The van der Waals surface area contributed by atoms with Crippen LogP contribution in [0.5, 0.6) is 5.75 Å². The van der Waals surface area contributed by atoms with E-state index in [1.807, 2.05) is 25.1 Å². The highest BCUT2D eigenvalue weighted by atomic mass is 35.5. The number of rotatable bonds is 7. The minimum absolute atomic E-state index is 0.0398. The second-order valence-corrected chi connectivity index (χ2v) is 6.44. The number of halogens is 1. The van der Waals surface area contributed by atoms with E-state index in [4.69, 9.17) is 21.1 Å². The summed E-state index contributed by atoms with van der Waals surface area (Å²) in [5.41, 5.74) is 1.05. The Morgan fingerprint density at radius 3 is 2.60 bits per heavy atom. The van der Waals surface area contributed by atoms with E-state index in [9.17, 15) is 0 Å². The van der Waals surface area contributed by atoms with Gasteiger partial charge in [0.05, 0.1) is 6.10 Å². The van der Waals surface area contributed by atoms with Crippen molar-refractivity contribution >= 4 is 11.6 Å². The van der Waals surface area contributed by atoms with Gasteiger partial charge in [0, 0.05) is 42.8 Å². The van der Waals surface area contributed by atoms with Crippen molar-refractivity contribution in [1.29, 1.82) is 0 Å². The van der Waals surface area contributed by atoms with Crippen LogP contribution in [-0.2, 0) is 11.3 Å². The fourth-order valence-electron chi connectivity index (χ4n) is 1.73. The van der Waals surface area contributed by atoms with Gasteiger partial charge in [0.15, 0.2) is 0 Å². The molecule has 1 aromatic rings. The summed E-state index contributed by atoms with van der Waals surface area (Å²) in [7, 11) is 1.70. The van der Waals surface area contributed by atoms with Crippen LogP contribution in [0.2, 0.25) is 5.02 Å². The fourth-order valence-corrected chi connectivity index (χ4v) is 1.97. The molecule has 1 N–H and O–H groups in total. The number of nitrogens with one attached hydrogen (secondary N) is 1. The van der Waals surface area contributed by atoms with Gasteiger partial charge in [0.2, 0.25) is 0 Å². The SMILES string of the molecule is COCCC(C)Oc1cccc(Cl)c1CNC(C)(C)C. The largest absolute Gasteiger partial charge is 0.490 e. The lowest BCUT2D eigenvalue weighted by molar-refractivity contribution is 0.134. The highest BCUT2D eigenvalue weighted by Crippen LogP contribution is 2.28. The Morgan fingerprint density at radius 2 is 2.00 bits per heavy atom. The molecule has 1 aromatic carbocycles. The molecule has 0 radical (unpaired) electrons. The lowest BCUT2D eigenvalue weighted by atomic mass is 10.1. The van der Waals surface area contributed by atoms with Gasteiger partial charge in [0.1, 0.15) is 5.75 Å². The summed E-state index contributed by atoms with van der Waals surface area (Å²) in [6, 6.07) is 5.78. The summed E-state index contributed by atoms with van der Waals surface area (Å²) >= 11 is 6.30. The van der Waals surface area contributed by atoms with Gasteiger partial charge < -0.3 is 14.8 Å². The van der Waals surface area contributed by atoms with Gasteiger partial charge in [-0.3, -0.25) is 0 Å². The molecule has 1 unspecified atom stereocenters. The van der Waals surface area contributed by atoms with Crippen molar-refractivity contribution in [3.8, 4) is 5.75 Å². The first-order valence-corrected chi connectivity index (χ1v) is 7.39. The van der Waals surface area contributed by atoms with Crippen LogP contribution in [0.25, 0.3) is 0 Å². The van der Waals surface area contributed by atoms with E-state index >= 15 is 0 Å². The second-order valence-electron chi connectivity index (χ2n) is 6.03. The van der Waals surface area contributed by atoms with Gasteiger partial charge in [-0.2, -0.15) is 0 Å². The monoisotopic (exact) mass is 299 g/mol. The Kier molecular flexibility index (Phi) is 6.80. The maximum atomic E-state index is 6.30. The third-order valence-electron chi connectivity index (χ3n) is 2.93. The summed E-state index contributed by atoms with van der Waals surface area (Å²) in [6.07, 6.45) is 0.955. The van der Waals surface area contributed by atoms with Crippen molar-refractivity contribution in [1.82, 2.24) is 5.32 Å². The lowest BCUT2D eigenvalue weighted by Gasteiger charge is -2.23. The normalized spacial score (nSPS) is 13.3. The summed E-state index contributed by atoms with van der Waals surface area (Å²) in [5.74, 6) is 0.845. The lowest BCUT2D eigenvalue weighted by Crippen LogP contribution is -2.35. The van der Waals surface area contributed by atoms with Gasteiger partial charge >= 0.3 is 0 Å². The van der Waals surface area contributed by atoms with Crippen LogP contribution in [-0.4, -0.2) is 25.4 Å². The van der Waals surface area contributed by atoms with E-state index < -0.39 is 0 Å². The van der Waals surface area contributed by atoms with Crippen molar-refractivity contribution < 1.29 is 9.47 Å². The van der Waals surface area contributed by atoms with Crippen LogP contribution in [0, 0.1) is 0 Å². The summed E-state index contributed by atoms with van der Waals surface area (Å²) in [6.45, 7) is 9.82. The molecule has 0 heterocycles. The van der Waals surface area contributed by atoms with E-state index in [0.29, 0.717) is 13.2 Å². The maximum Gasteiger partial charge on any atom is 0.125 e. The van der Waals surface area contributed by atoms with E-state index in [1.165, 1.54) is 0 Å². The third kappa shape index (κ3) is 6.12. The topological polar surface area (TPSA) is 30.5 Å². The molecule has 0 aliphatic heterocycles. The standard InChI is InChI=1S/C16H26ClNO2/c1-12(9-10-19-5)20-15-8-6-7-14(17)13(15)11-18-16(2,3)4/h6-8,12,18H,9-11H2,1-5H3. The Morgan fingerprint density at radius 1 is 1.30 bits per heavy atom. The Hall–Kier alpha value is -0.770. The third-order valence-corrected chi connectivity index (χ3v) is 3.28. The molecule has 0 amide bonds. The number of hydrogen-bond acceptors (Lipinski definition) is 3. The molecule has 1 atom stereocenters. The highest BCUT2D eigenvalue weighted by Gasteiger charge is 2.15. The quantitative estimate of drug-likeness (QED) is 0.824. The molecule has 20 heavy (non-hydrogen) atoms. The Bertz CT molecular complexity index is 415. The predicted octanol–water partition coefficient (Wildman–Crippen LogP) is 4.03. The predicted molar refractivity (Wildman–Crippen MR) is 84.6 cm³/mol. The van der Waals surface area contributed by atoms with Gasteiger partial charge in [0.25, 0.3) is 0 Å². The van der Waals surface area contributed by atoms with E-state index in [-0.39, 0.29) is 11.6 Å². The minimum atomic E-state index is 0.0398. The number of hydrogen-bond donors (Lipinski definition) is 1. The Balaban J connectivity index is 2.77. The molecular weight excluding hydrogens is 274 g/mol.